The fourth-order valence-electron chi connectivity index (χ4n) is 2.04. The third kappa shape index (κ3) is 3.89. The number of nitrogens with two attached hydrogens (primary N) is 1. The van der Waals surface area contributed by atoms with E-state index >= 15 is 0 Å². The Morgan fingerprint density at radius 1 is 1.40 bits per heavy atom. The molecule has 0 saturated carbocycles. The van der Waals surface area contributed by atoms with Crippen LogP contribution in [-0.4, -0.2) is 21.5 Å². The normalized spacial score (nSPS) is 10.7. The number of nitrogens with zero attached hydrogens (tertiary/aromatic N) is 2. The van der Waals surface area contributed by atoms with Gasteiger partial charge in [0.05, 0.1) is 5.69 Å². The molecule has 20 heavy (non-hydrogen) atoms. The van der Waals surface area contributed by atoms with E-state index in [0.29, 0.717) is 17.7 Å². The van der Waals surface area contributed by atoms with Crippen molar-refractivity contribution in [3.63, 3.8) is 0 Å². The molecule has 0 aliphatic heterocycles. The number of aromatic nitrogens is 3. The molecule has 0 radical (unpaired) electrons. The van der Waals surface area contributed by atoms with Crippen LogP contribution in [0, 0.1) is 6.92 Å². The molecule has 2 heterocycles. The summed E-state index contributed by atoms with van der Waals surface area (Å²) in [7, 11) is 0. The molecule has 0 aliphatic carbocycles. The van der Waals surface area contributed by atoms with Crippen molar-refractivity contribution in [3.05, 3.63) is 51.7 Å². The fourth-order valence-corrected chi connectivity index (χ4v) is 2.04. The van der Waals surface area contributed by atoms with Crippen LogP contribution >= 0.6 is 0 Å². The topological polar surface area (TPSA) is 96.7 Å². The van der Waals surface area contributed by atoms with E-state index in [1.54, 1.807) is 6.20 Å². The van der Waals surface area contributed by atoms with Gasteiger partial charge in [-0.25, -0.2) is 4.98 Å². The number of aromatic amines is 1. The number of pyridine rings is 1. The molecule has 0 spiro atoms. The highest BCUT2D eigenvalue weighted by molar-refractivity contribution is 5.24. The van der Waals surface area contributed by atoms with Crippen molar-refractivity contribution in [2.24, 2.45) is 0 Å². The highest BCUT2D eigenvalue weighted by atomic mass is 16.1. The molecule has 6 heteroatoms. The van der Waals surface area contributed by atoms with Gasteiger partial charge in [0.15, 0.2) is 0 Å². The number of hydrogen-bond acceptors (Lipinski definition) is 5. The van der Waals surface area contributed by atoms with Gasteiger partial charge in [-0.2, -0.15) is 0 Å². The van der Waals surface area contributed by atoms with Crippen LogP contribution in [0.3, 0.4) is 0 Å². The quantitative estimate of drug-likeness (QED) is 0.676. The largest absolute Gasteiger partial charge is 0.369 e. The summed E-state index contributed by atoms with van der Waals surface area (Å²) in [5.41, 5.74) is 7.77. The van der Waals surface area contributed by atoms with E-state index in [9.17, 15) is 4.79 Å². The Labute approximate surface area is 117 Å². The lowest BCUT2D eigenvalue weighted by molar-refractivity contribution is 0.637. The van der Waals surface area contributed by atoms with Crippen molar-refractivity contribution < 1.29 is 0 Å². The molecule has 0 atom stereocenters. The summed E-state index contributed by atoms with van der Waals surface area (Å²) in [6.45, 7) is 3.36. The summed E-state index contributed by atoms with van der Waals surface area (Å²) < 4.78 is 0. The van der Waals surface area contributed by atoms with Crippen molar-refractivity contribution in [2.75, 3.05) is 12.3 Å². The molecule has 0 fully saturated rings. The van der Waals surface area contributed by atoms with E-state index in [0.717, 1.165) is 25.2 Å². The summed E-state index contributed by atoms with van der Waals surface area (Å²) in [5.74, 6) is 0.171. The van der Waals surface area contributed by atoms with Gasteiger partial charge in [0, 0.05) is 24.0 Å². The zero-order valence-electron chi connectivity index (χ0n) is 11.5. The summed E-state index contributed by atoms with van der Waals surface area (Å²) in [6.07, 6.45) is 3.33. The van der Waals surface area contributed by atoms with Gasteiger partial charge in [0.2, 0.25) is 5.95 Å². The van der Waals surface area contributed by atoms with Crippen molar-refractivity contribution in [1.82, 2.24) is 20.3 Å². The molecule has 0 bridgehead atoms. The standard InChI is InChI=1S/C14H19N5O/c1-10-12(13(20)19-14(15)18-10)6-4-7-16-9-11-5-2-3-8-17-11/h2-3,5,8,16H,4,6-7,9H2,1H3,(H3,15,18,19,20). The molecule has 0 saturated heterocycles. The molecule has 106 valence electrons. The van der Waals surface area contributed by atoms with E-state index in [1.807, 2.05) is 25.1 Å². The third-order valence-electron chi connectivity index (χ3n) is 3.05. The van der Waals surface area contributed by atoms with Crippen LogP contribution in [0.15, 0.2) is 29.2 Å². The molecule has 0 aliphatic rings. The fraction of sp³-hybridized carbons (Fsp3) is 0.357. The summed E-state index contributed by atoms with van der Waals surface area (Å²) >= 11 is 0. The summed E-state index contributed by atoms with van der Waals surface area (Å²) in [5, 5.41) is 3.30. The number of anilines is 1. The number of hydrogen-bond donors (Lipinski definition) is 3. The summed E-state index contributed by atoms with van der Waals surface area (Å²) in [4.78, 5) is 22.6. The van der Waals surface area contributed by atoms with Crippen LogP contribution in [0.2, 0.25) is 0 Å². The Balaban J connectivity index is 1.78. The van der Waals surface area contributed by atoms with Crippen molar-refractivity contribution >= 4 is 5.95 Å². The van der Waals surface area contributed by atoms with Crippen LogP contribution in [-0.2, 0) is 13.0 Å². The molecule has 2 aromatic rings. The van der Waals surface area contributed by atoms with Crippen LogP contribution in [0.25, 0.3) is 0 Å². The molecule has 0 amide bonds. The van der Waals surface area contributed by atoms with Gasteiger partial charge in [0.1, 0.15) is 0 Å². The van der Waals surface area contributed by atoms with Gasteiger partial charge < -0.3 is 11.1 Å². The molecule has 4 N–H and O–H groups in total. The summed E-state index contributed by atoms with van der Waals surface area (Å²) in [6, 6.07) is 5.84. The maximum Gasteiger partial charge on any atom is 0.255 e. The minimum Gasteiger partial charge on any atom is -0.369 e. The lowest BCUT2D eigenvalue weighted by atomic mass is 10.1. The van der Waals surface area contributed by atoms with Gasteiger partial charge in [-0.1, -0.05) is 6.07 Å². The van der Waals surface area contributed by atoms with E-state index in [-0.39, 0.29) is 11.5 Å². The maximum absolute atomic E-state index is 11.7. The first-order valence-electron chi connectivity index (χ1n) is 6.62. The molecule has 6 nitrogen and oxygen atoms in total. The number of nitrogens with one attached hydrogen (secondary N) is 2. The number of rotatable bonds is 6. The minimum atomic E-state index is -0.139. The van der Waals surface area contributed by atoms with Crippen molar-refractivity contribution in [2.45, 2.75) is 26.3 Å². The van der Waals surface area contributed by atoms with Gasteiger partial charge >= 0.3 is 0 Å². The van der Waals surface area contributed by atoms with E-state index in [4.69, 9.17) is 5.73 Å². The third-order valence-corrected chi connectivity index (χ3v) is 3.05. The molecular weight excluding hydrogens is 254 g/mol. The average molecular weight is 273 g/mol. The van der Waals surface area contributed by atoms with Crippen molar-refractivity contribution in [1.29, 1.82) is 0 Å². The van der Waals surface area contributed by atoms with Crippen LogP contribution < -0.4 is 16.6 Å². The zero-order valence-corrected chi connectivity index (χ0v) is 11.5. The van der Waals surface area contributed by atoms with Gasteiger partial charge in [-0.3, -0.25) is 14.8 Å². The first kappa shape index (κ1) is 14.2. The molecule has 0 unspecified atom stereocenters. The second kappa shape index (κ2) is 6.81. The monoisotopic (exact) mass is 273 g/mol. The van der Waals surface area contributed by atoms with Crippen LogP contribution in [0.5, 0.6) is 0 Å². The second-order valence-electron chi connectivity index (χ2n) is 4.62. The Kier molecular flexibility index (Phi) is 4.84. The van der Waals surface area contributed by atoms with E-state index < -0.39 is 0 Å². The minimum absolute atomic E-state index is 0.139. The number of nitrogen functional groups attached to an aromatic ring is 1. The van der Waals surface area contributed by atoms with Crippen molar-refractivity contribution in [3.8, 4) is 0 Å². The van der Waals surface area contributed by atoms with Gasteiger partial charge in [-0.05, 0) is 38.4 Å². The molecular formula is C14H19N5O. The van der Waals surface area contributed by atoms with Crippen LogP contribution in [0.4, 0.5) is 5.95 Å². The SMILES string of the molecule is Cc1nc(N)[nH]c(=O)c1CCCNCc1ccccn1. The lowest BCUT2D eigenvalue weighted by Crippen LogP contribution is -2.21. The van der Waals surface area contributed by atoms with E-state index in [1.165, 1.54) is 0 Å². The Bertz CT molecular complexity index is 609. The number of H-pyrrole nitrogens is 1. The first-order valence-corrected chi connectivity index (χ1v) is 6.62. The Morgan fingerprint density at radius 2 is 2.25 bits per heavy atom. The second-order valence-corrected chi connectivity index (χ2v) is 4.62. The Morgan fingerprint density at radius 3 is 2.95 bits per heavy atom. The first-order chi connectivity index (χ1) is 9.66. The predicted molar refractivity (Wildman–Crippen MR) is 78.3 cm³/mol. The molecule has 0 aromatic carbocycles. The van der Waals surface area contributed by atoms with Gasteiger partial charge in [-0.15, -0.1) is 0 Å². The maximum atomic E-state index is 11.7. The number of aryl methyl sites for hydroxylation is 1. The molecule has 2 aromatic heterocycles. The van der Waals surface area contributed by atoms with E-state index in [2.05, 4.69) is 20.3 Å². The smallest absolute Gasteiger partial charge is 0.255 e. The van der Waals surface area contributed by atoms with Crippen LogP contribution in [0.1, 0.15) is 23.4 Å². The van der Waals surface area contributed by atoms with Gasteiger partial charge in [0.25, 0.3) is 5.56 Å². The Hall–Kier alpha value is -2.21. The highest BCUT2D eigenvalue weighted by Gasteiger charge is 2.06. The predicted octanol–water partition coefficient (Wildman–Crippen LogP) is 0.778. The highest BCUT2D eigenvalue weighted by Crippen LogP contribution is 2.03. The zero-order chi connectivity index (χ0) is 14.4. The average Bonchev–Trinajstić information content (AvgIpc) is 2.42. The lowest BCUT2D eigenvalue weighted by Gasteiger charge is -2.06. The molecule has 2 rings (SSSR count).